The fraction of sp³-hybridized carbons (Fsp3) is 0.263. The highest BCUT2D eigenvalue weighted by atomic mass is 35.5. The average Bonchev–Trinajstić information content (AvgIpc) is 2.72. The second-order valence-electron chi connectivity index (χ2n) is 5.35. The maximum Gasteiger partial charge on any atom is 0.343 e. The largest absolute Gasteiger partial charge is 0.495 e. The van der Waals surface area contributed by atoms with Crippen LogP contribution in [0.3, 0.4) is 0 Å². The number of methoxy groups -OCH3 is 4. The van der Waals surface area contributed by atoms with Gasteiger partial charge in [0.25, 0.3) is 0 Å². The quantitative estimate of drug-likeness (QED) is 0.407. The van der Waals surface area contributed by atoms with E-state index in [1.807, 2.05) is 0 Å². The van der Waals surface area contributed by atoms with Crippen LogP contribution in [0.5, 0.6) is 28.7 Å². The third-order valence-electron chi connectivity index (χ3n) is 3.68. The molecule has 0 aliphatic rings. The summed E-state index contributed by atoms with van der Waals surface area (Å²) in [6.45, 7) is 0. The number of carbonyl (C=O) groups is 2. The molecule has 28 heavy (non-hydrogen) atoms. The highest BCUT2D eigenvalue weighted by Crippen LogP contribution is 2.41. The summed E-state index contributed by atoms with van der Waals surface area (Å²) >= 11 is 5.51. The van der Waals surface area contributed by atoms with Gasteiger partial charge in [-0.3, -0.25) is 4.79 Å². The van der Waals surface area contributed by atoms with E-state index in [0.29, 0.717) is 28.7 Å². The molecule has 0 radical (unpaired) electrons. The number of amides is 1. The maximum absolute atomic E-state index is 12.6. The summed E-state index contributed by atoms with van der Waals surface area (Å²) in [6.07, 6.45) is 0. The van der Waals surface area contributed by atoms with E-state index in [-0.39, 0.29) is 17.2 Å². The van der Waals surface area contributed by atoms with Gasteiger partial charge in [-0.25, -0.2) is 4.79 Å². The van der Waals surface area contributed by atoms with Gasteiger partial charge >= 0.3 is 5.97 Å². The molecule has 0 aliphatic heterocycles. The van der Waals surface area contributed by atoms with Gasteiger partial charge in [-0.05, 0) is 18.2 Å². The van der Waals surface area contributed by atoms with Gasteiger partial charge in [-0.1, -0.05) is 0 Å². The van der Waals surface area contributed by atoms with Crippen molar-refractivity contribution >= 4 is 29.2 Å². The maximum atomic E-state index is 12.6. The molecule has 8 nitrogen and oxygen atoms in total. The number of ether oxygens (including phenoxy) is 5. The van der Waals surface area contributed by atoms with Crippen molar-refractivity contribution in [1.29, 1.82) is 0 Å². The van der Waals surface area contributed by atoms with Crippen molar-refractivity contribution in [3.63, 3.8) is 0 Å². The number of hydrogen-bond donors (Lipinski definition) is 1. The van der Waals surface area contributed by atoms with E-state index in [0.717, 1.165) is 0 Å². The normalized spacial score (nSPS) is 10.0. The minimum atomic E-state index is -0.654. The number of nitrogens with one attached hydrogen (secondary N) is 1. The van der Waals surface area contributed by atoms with Gasteiger partial charge < -0.3 is 29.0 Å². The topological polar surface area (TPSA) is 92.3 Å². The Balaban J connectivity index is 2.32. The van der Waals surface area contributed by atoms with Crippen LogP contribution in [-0.4, -0.2) is 46.2 Å². The molecule has 0 spiro atoms. The number of carbonyl (C=O) groups excluding carboxylic acids is 2. The second kappa shape index (κ2) is 9.70. The first-order valence-electron chi connectivity index (χ1n) is 8.03. The number of benzene rings is 2. The molecule has 9 heteroatoms. The Hall–Kier alpha value is -3.13. The fourth-order valence-corrected chi connectivity index (χ4v) is 2.46. The zero-order chi connectivity index (χ0) is 20.7. The lowest BCUT2D eigenvalue weighted by Crippen LogP contribution is -2.15. The van der Waals surface area contributed by atoms with E-state index in [9.17, 15) is 9.59 Å². The van der Waals surface area contributed by atoms with Crippen LogP contribution in [0.4, 0.5) is 5.69 Å². The third kappa shape index (κ3) is 4.77. The Morgan fingerprint density at radius 3 is 2.00 bits per heavy atom. The molecule has 1 amide bonds. The number of anilines is 1. The van der Waals surface area contributed by atoms with Gasteiger partial charge in [-0.15, -0.1) is 11.6 Å². The molecular weight excluding hydrogens is 390 g/mol. The van der Waals surface area contributed by atoms with E-state index in [1.165, 1.54) is 58.8 Å². The molecule has 150 valence electrons. The van der Waals surface area contributed by atoms with Crippen molar-refractivity contribution in [3.05, 3.63) is 35.9 Å². The summed E-state index contributed by atoms with van der Waals surface area (Å²) in [6, 6.07) is 7.48. The van der Waals surface area contributed by atoms with Crippen LogP contribution in [0.1, 0.15) is 10.4 Å². The van der Waals surface area contributed by atoms with Crippen LogP contribution in [0, 0.1) is 0 Å². The van der Waals surface area contributed by atoms with E-state index in [1.54, 1.807) is 0 Å². The summed E-state index contributed by atoms with van der Waals surface area (Å²) in [5.74, 6) is 0.311. The Morgan fingerprint density at radius 2 is 1.50 bits per heavy atom. The van der Waals surface area contributed by atoms with Crippen molar-refractivity contribution in [2.45, 2.75) is 0 Å². The Kier molecular flexibility index (Phi) is 7.34. The molecule has 0 atom stereocenters. The Labute approximate surface area is 167 Å². The van der Waals surface area contributed by atoms with Crippen molar-refractivity contribution in [2.24, 2.45) is 0 Å². The first-order valence-corrected chi connectivity index (χ1v) is 8.56. The van der Waals surface area contributed by atoms with E-state index < -0.39 is 11.9 Å². The van der Waals surface area contributed by atoms with Crippen LogP contribution in [-0.2, 0) is 4.79 Å². The third-order valence-corrected chi connectivity index (χ3v) is 3.92. The fourth-order valence-electron chi connectivity index (χ4n) is 2.40. The molecular formula is C19H20ClNO7. The molecule has 0 aliphatic carbocycles. The monoisotopic (exact) mass is 409 g/mol. The zero-order valence-electron chi connectivity index (χ0n) is 15.8. The number of esters is 1. The van der Waals surface area contributed by atoms with Gasteiger partial charge in [0.15, 0.2) is 11.5 Å². The molecule has 0 heterocycles. The summed E-state index contributed by atoms with van der Waals surface area (Å²) < 4.78 is 26.3. The summed E-state index contributed by atoms with van der Waals surface area (Å²) in [7, 11) is 5.83. The van der Waals surface area contributed by atoms with E-state index >= 15 is 0 Å². The van der Waals surface area contributed by atoms with E-state index in [2.05, 4.69) is 5.32 Å². The lowest BCUT2D eigenvalue weighted by molar-refractivity contribution is -0.113. The standard InChI is InChI=1S/C19H20ClNO7/c1-24-14-6-5-11(7-13(14)21-17(22)10-20)19(23)28-12-8-15(25-2)18(27-4)16(9-12)26-3/h5-9H,10H2,1-4H3,(H,21,22). The molecule has 0 saturated heterocycles. The molecule has 0 saturated carbocycles. The molecule has 0 fully saturated rings. The van der Waals surface area contributed by atoms with Crippen molar-refractivity contribution < 1.29 is 33.3 Å². The lowest BCUT2D eigenvalue weighted by atomic mass is 10.2. The van der Waals surface area contributed by atoms with Crippen LogP contribution in [0.25, 0.3) is 0 Å². The summed E-state index contributed by atoms with van der Waals surface area (Å²) in [4.78, 5) is 24.1. The van der Waals surface area contributed by atoms with Crippen LogP contribution < -0.4 is 29.0 Å². The highest BCUT2D eigenvalue weighted by molar-refractivity contribution is 6.29. The van der Waals surface area contributed by atoms with Gasteiger partial charge in [0.1, 0.15) is 17.4 Å². The van der Waals surface area contributed by atoms with Crippen LogP contribution in [0.15, 0.2) is 30.3 Å². The Bertz CT molecular complexity index is 844. The average molecular weight is 410 g/mol. The molecule has 1 N–H and O–H groups in total. The number of alkyl halides is 1. The number of hydrogen-bond acceptors (Lipinski definition) is 7. The lowest BCUT2D eigenvalue weighted by Gasteiger charge is -2.14. The SMILES string of the molecule is COc1ccc(C(=O)Oc2cc(OC)c(OC)c(OC)c2)cc1NC(=O)CCl. The number of halogens is 1. The second-order valence-corrected chi connectivity index (χ2v) is 5.61. The minimum absolute atomic E-state index is 0.194. The Morgan fingerprint density at radius 1 is 0.893 bits per heavy atom. The van der Waals surface area contributed by atoms with Crippen molar-refractivity contribution in [3.8, 4) is 28.7 Å². The molecule has 0 unspecified atom stereocenters. The number of rotatable bonds is 8. The van der Waals surface area contributed by atoms with Crippen molar-refractivity contribution in [2.75, 3.05) is 39.6 Å². The first kappa shape index (κ1) is 21.2. The van der Waals surface area contributed by atoms with Gasteiger partial charge in [0, 0.05) is 12.1 Å². The highest BCUT2D eigenvalue weighted by Gasteiger charge is 2.18. The summed E-state index contributed by atoms with van der Waals surface area (Å²) in [5, 5.41) is 2.56. The molecule has 0 aromatic heterocycles. The molecule has 2 rings (SSSR count). The predicted octanol–water partition coefficient (Wildman–Crippen LogP) is 3.12. The van der Waals surface area contributed by atoms with Gasteiger partial charge in [-0.2, -0.15) is 0 Å². The van der Waals surface area contributed by atoms with Crippen LogP contribution in [0.2, 0.25) is 0 Å². The molecule has 2 aromatic rings. The van der Waals surface area contributed by atoms with Crippen LogP contribution >= 0.6 is 11.6 Å². The van der Waals surface area contributed by atoms with E-state index in [4.69, 9.17) is 35.3 Å². The van der Waals surface area contributed by atoms with Crippen molar-refractivity contribution in [1.82, 2.24) is 0 Å². The predicted molar refractivity (Wildman–Crippen MR) is 103 cm³/mol. The molecule has 0 bridgehead atoms. The first-order chi connectivity index (χ1) is 13.5. The summed E-state index contributed by atoms with van der Waals surface area (Å²) in [5.41, 5.74) is 0.493. The smallest absolute Gasteiger partial charge is 0.343 e. The minimum Gasteiger partial charge on any atom is -0.495 e. The van der Waals surface area contributed by atoms with Gasteiger partial charge in [0.2, 0.25) is 11.7 Å². The molecule has 2 aromatic carbocycles. The van der Waals surface area contributed by atoms with Gasteiger partial charge in [0.05, 0.1) is 39.7 Å². The zero-order valence-corrected chi connectivity index (χ0v) is 16.6.